The predicted octanol–water partition coefficient (Wildman–Crippen LogP) is -0.210. The fourth-order valence-corrected chi connectivity index (χ4v) is 6.78. The SMILES string of the molecule is CC(=O)O[C@H]1C[C@]23CO[C@@]14[C@H]([C@@H]2[C@H]1CC(=O)[C@@H]3O1)[C@H]1CC(=O)[C@@H]4O1. The van der Waals surface area contributed by atoms with E-state index in [1.165, 1.54) is 6.92 Å². The summed E-state index contributed by atoms with van der Waals surface area (Å²) in [7, 11) is 0. The highest BCUT2D eigenvalue weighted by Crippen LogP contribution is 2.71. The van der Waals surface area contributed by atoms with E-state index in [2.05, 4.69) is 0 Å². The first-order chi connectivity index (χ1) is 11.5. The molecule has 24 heavy (non-hydrogen) atoms. The number of hydrogen-bond acceptors (Lipinski definition) is 7. The van der Waals surface area contributed by atoms with E-state index in [0.717, 1.165) is 0 Å². The van der Waals surface area contributed by atoms with Crippen LogP contribution in [-0.4, -0.2) is 60.3 Å². The summed E-state index contributed by atoms with van der Waals surface area (Å²) in [5.41, 5.74) is -1.33. The van der Waals surface area contributed by atoms with Crippen molar-refractivity contribution < 1.29 is 33.3 Å². The molecule has 7 aliphatic rings. The standard InChI is InChI=1S/C17H18O7/c1-6(18)22-11-4-16-5-21-17(11)13(10-3-8(20)15(17)24-10)12(16)9-2-7(19)14(16)23-9/h9-15H,2-5H2,1H3/t9-,10-,11+,12+,13+,14+,15+,16+,17-/m1/s1. The molecule has 0 N–H and O–H groups in total. The molecule has 0 unspecified atom stereocenters. The molecular weight excluding hydrogens is 316 g/mol. The second-order valence-electron chi connectivity index (χ2n) is 8.18. The molecular formula is C17H18O7. The van der Waals surface area contributed by atoms with Gasteiger partial charge in [0, 0.05) is 37.0 Å². The van der Waals surface area contributed by atoms with Gasteiger partial charge in [-0.15, -0.1) is 0 Å². The van der Waals surface area contributed by atoms with E-state index in [1.807, 2.05) is 0 Å². The average Bonchev–Trinajstić information content (AvgIpc) is 3.23. The summed E-state index contributed by atoms with van der Waals surface area (Å²) < 4.78 is 23.9. The van der Waals surface area contributed by atoms with Crippen molar-refractivity contribution in [1.29, 1.82) is 0 Å². The van der Waals surface area contributed by atoms with Crippen molar-refractivity contribution in [1.82, 2.24) is 0 Å². The Hall–Kier alpha value is -1.31. The first-order valence-electron chi connectivity index (χ1n) is 8.65. The Kier molecular flexibility index (Phi) is 2.27. The van der Waals surface area contributed by atoms with Gasteiger partial charge in [0.05, 0.1) is 18.8 Å². The van der Waals surface area contributed by atoms with E-state index in [-0.39, 0.29) is 35.6 Å². The van der Waals surface area contributed by atoms with Gasteiger partial charge in [0.25, 0.3) is 0 Å². The Labute approximate surface area is 137 Å². The molecule has 0 aromatic carbocycles. The van der Waals surface area contributed by atoms with E-state index >= 15 is 0 Å². The lowest BCUT2D eigenvalue weighted by atomic mass is 9.46. The van der Waals surface area contributed by atoms with Crippen LogP contribution in [-0.2, 0) is 33.3 Å². The first kappa shape index (κ1) is 13.9. The topological polar surface area (TPSA) is 88.1 Å². The summed E-state index contributed by atoms with van der Waals surface area (Å²) in [5, 5.41) is 0. The summed E-state index contributed by atoms with van der Waals surface area (Å²) in [5.74, 6) is -0.152. The number of fused-ring (bicyclic) bond motifs is 6. The van der Waals surface area contributed by atoms with Crippen LogP contribution in [0.3, 0.4) is 0 Å². The molecule has 0 aromatic heterocycles. The van der Waals surface area contributed by atoms with E-state index in [1.54, 1.807) is 0 Å². The van der Waals surface area contributed by atoms with Gasteiger partial charge in [-0.2, -0.15) is 0 Å². The summed E-state index contributed by atoms with van der Waals surface area (Å²) >= 11 is 0. The van der Waals surface area contributed by atoms with Crippen LogP contribution >= 0.6 is 0 Å². The first-order valence-corrected chi connectivity index (χ1v) is 8.65. The molecule has 6 bridgehead atoms. The summed E-state index contributed by atoms with van der Waals surface area (Å²) in [6, 6.07) is 0. The molecule has 7 fully saturated rings. The highest BCUT2D eigenvalue weighted by atomic mass is 16.6. The van der Waals surface area contributed by atoms with Gasteiger partial charge < -0.3 is 18.9 Å². The number of esters is 1. The lowest BCUT2D eigenvalue weighted by Gasteiger charge is -2.63. The van der Waals surface area contributed by atoms with Crippen LogP contribution in [0.1, 0.15) is 26.2 Å². The zero-order chi connectivity index (χ0) is 16.4. The molecule has 6 heterocycles. The lowest BCUT2D eigenvalue weighted by Crippen LogP contribution is -2.76. The Morgan fingerprint density at radius 1 is 1.08 bits per heavy atom. The van der Waals surface area contributed by atoms with Crippen molar-refractivity contribution in [3.63, 3.8) is 0 Å². The molecule has 7 heteroatoms. The molecule has 1 saturated carbocycles. The van der Waals surface area contributed by atoms with Crippen molar-refractivity contribution in [3.8, 4) is 0 Å². The third-order valence-corrected chi connectivity index (χ3v) is 7.28. The van der Waals surface area contributed by atoms with Gasteiger partial charge in [-0.3, -0.25) is 14.4 Å². The highest BCUT2D eigenvalue weighted by molar-refractivity contribution is 5.90. The number of rotatable bonds is 1. The van der Waals surface area contributed by atoms with Crippen molar-refractivity contribution >= 4 is 17.5 Å². The van der Waals surface area contributed by atoms with Gasteiger partial charge >= 0.3 is 5.97 Å². The van der Waals surface area contributed by atoms with Gasteiger partial charge in [-0.25, -0.2) is 0 Å². The third kappa shape index (κ3) is 1.23. The number of hydrogen-bond donors (Lipinski definition) is 0. The molecule has 1 aliphatic carbocycles. The lowest BCUT2D eigenvalue weighted by molar-refractivity contribution is -0.294. The Morgan fingerprint density at radius 2 is 1.75 bits per heavy atom. The minimum Gasteiger partial charge on any atom is -0.459 e. The van der Waals surface area contributed by atoms with E-state index < -0.39 is 35.3 Å². The van der Waals surface area contributed by atoms with Crippen LogP contribution in [0, 0.1) is 17.3 Å². The smallest absolute Gasteiger partial charge is 0.303 e. The van der Waals surface area contributed by atoms with E-state index in [9.17, 15) is 14.4 Å². The number of carbonyl (C=O) groups is 3. The van der Waals surface area contributed by atoms with Crippen LogP contribution in [0.15, 0.2) is 0 Å². The van der Waals surface area contributed by atoms with Crippen LogP contribution < -0.4 is 0 Å². The predicted molar refractivity (Wildman–Crippen MR) is 74.8 cm³/mol. The number of ether oxygens (including phenoxy) is 4. The largest absolute Gasteiger partial charge is 0.459 e. The highest BCUT2D eigenvalue weighted by Gasteiger charge is 2.83. The average molecular weight is 334 g/mol. The summed E-state index contributed by atoms with van der Waals surface area (Å²) in [6.45, 7) is 1.74. The maximum Gasteiger partial charge on any atom is 0.303 e. The summed E-state index contributed by atoms with van der Waals surface area (Å²) in [6.07, 6.45) is -0.696. The minimum absolute atomic E-state index is 0.0305. The maximum atomic E-state index is 12.4. The molecule has 7 rings (SSSR count). The molecule has 128 valence electrons. The molecule has 2 spiro atoms. The van der Waals surface area contributed by atoms with Crippen LogP contribution in [0.2, 0.25) is 0 Å². The maximum absolute atomic E-state index is 12.4. The van der Waals surface area contributed by atoms with Crippen LogP contribution in [0.25, 0.3) is 0 Å². The number of Topliss-reactive ketones (excluding diaryl/α,β-unsaturated/α-hetero) is 2. The number of ketones is 2. The molecule has 0 amide bonds. The summed E-state index contributed by atoms with van der Waals surface area (Å²) in [4.78, 5) is 36.4. The normalized spacial score (nSPS) is 59.0. The monoisotopic (exact) mass is 334 g/mol. The van der Waals surface area contributed by atoms with Crippen molar-refractivity contribution in [2.75, 3.05) is 6.61 Å². The van der Waals surface area contributed by atoms with Crippen LogP contribution in [0.5, 0.6) is 0 Å². The molecule has 7 nitrogen and oxygen atoms in total. The number of carbonyl (C=O) groups excluding carboxylic acids is 3. The Morgan fingerprint density at radius 3 is 2.50 bits per heavy atom. The van der Waals surface area contributed by atoms with E-state index in [4.69, 9.17) is 18.9 Å². The zero-order valence-electron chi connectivity index (χ0n) is 13.2. The molecule has 0 aromatic rings. The minimum atomic E-state index is -0.894. The quantitative estimate of drug-likeness (QED) is 0.613. The van der Waals surface area contributed by atoms with Crippen molar-refractivity contribution in [2.45, 2.75) is 62.3 Å². The fraction of sp³-hybridized carbons (Fsp3) is 0.824. The van der Waals surface area contributed by atoms with Crippen molar-refractivity contribution in [3.05, 3.63) is 0 Å². The van der Waals surface area contributed by atoms with Gasteiger partial charge in [0.15, 0.2) is 11.6 Å². The second-order valence-corrected chi connectivity index (χ2v) is 8.18. The second kappa shape index (κ2) is 3.92. The van der Waals surface area contributed by atoms with Crippen LogP contribution in [0.4, 0.5) is 0 Å². The molecule has 9 atom stereocenters. The van der Waals surface area contributed by atoms with Gasteiger partial charge in [0.2, 0.25) is 0 Å². The fourth-order valence-electron chi connectivity index (χ4n) is 6.78. The molecule has 6 saturated heterocycles. The molecule has 0 radical (unpaired) electrons. The van der Waals surface area contributed by atoms with Gasteiger partial charge in [0.1, 0.15) is 23.9 Å². The molecule has 6 aliphatic heterocycles. The Bertz CT molecular complexity index is 703. The van der Waals surface area contributed by atoms with E-state index in [0.29, 0.717) is 25.9 Å². The third-order valence-electron chi connectivity index (χ3n) is 7.28. The van der Waals surface area contributed by atoms with Gasteiger partial charge in [-0.05, 0) is 6.42 Å². The Balaban J connectivity index is 1.53. The zero-order valence-corrected chi connectivity index (χ0v) is 13.2. The van der Waals surface area contributed by atoms with Crippen molar-refractivity contribution in [2.24, 2.45) is 17.3 Å². The van der Waals surface area contributed by atoms with Gasteiger partial charge in [-0.1, -0.05) is 0 Å².